The number of para-hydroxylation sites is 2. The first kappa shape index (κ1) is 12.9. The molecule has 0 saturated carbocycles. The molecule has 2 heteroatoms. The number of nitrogens with zero attached hydrogens (tertiary/aromatic N) is 1. The summed E-state index contributed by atoms with van der Waals surface area (Å²) < 4.78 is 0. The summed E-state index contributed by atoms with van der Waals surface area (Å²) in [5, 5.41) is 3.50. The van der Waals surface area contributed by atoms with E-state index in [9.17, 15) is 0 Å². The summed E-state index contributed by atoms with van der Waals surface area (Å²) in [6.07, 6.45) is 2.55. The van der Waals surface area contributed by atoms with E-state index < -0.39 is 0 Å². The molecule has 2 heterocycles. The number of piperidine rings is 1. The molecule has 1 fully saturated rings. The Kier molecular flexibility index (Phi) is 3.19. The topological polar surface area (TPSA) is 15.3 Å². The van der Waals surface area contributed by atoms with Crippen LogP contribution in [0.25, 0.3) is 0 Å². The first-order chi connectivity index (χ1) is 10.4. The molecular weight excluding hydrogens is 256 g/mol. The SMILES string of the molecule is CN1c2ccccc2C(C2CCNCC2)c2ccccc21. The van der Waals surface area contributed by atoms with Crippen molar-refractivity contribution in [3.63, 3.8) is 0 Å². The zero-order valence-corrected chi connectivity index (χ0v) is 12.5. The van der Waals surface area contributed by atoms with Crippen molar-refractivity contribution in [2.75, 3.05) is 25.0 Å². The quantitative estimate of drug-likeness (QED) is 0.851. The van der Waals surface area contributed by atoms with Crippen molar-refractivity contribution in [3.05, 3.63) is 59.7 Å². The van der Waals surface area contributed by atoms with Crippen molar-refractivity contribution in [2.24, 2.45) is 5.92 Å². The van der Waals surface area contributed by atoms with E-state index in [0.29, 0.717) is 5.92 Å². The van der Waals surface area contributed by atoms with Crippen LogP contribution in [0.3, 0.4) is 0 Å². The Morgan fingerprint density at radius 3 is 1.95 bits per heavy atom. The normalized spacial score (nSPS) is 19.2. The maximum atomic E-state index is 3.50. The molecule has 0 bridgehead atoms. The fourth-order valence-corrected chi connectivity index (χ4v) is 4.09. The van der Waals surface area contributed by atoms with Gasteiger partial charge in [-0.1, -0.05) is 36.4 Å². The number of fused-ring (bicyclic) bond motifs is 2. The van der Waals surface area contributed by atoms with Gasteiger partial charge in [0.05, 0.1) is 0 Å². The Bertz CT molecular complexity index is 596. The predicted molar refractivity (Wildman–Crippen MR) is 88.4 cm³/mol. The third-order valence-corrected chi connectivity index (χ3v) is 5.12. The fourth-order valence-electron chi connectivity index (χ4n) is 4.09. The van der Waals surface area contributed by atoms with Gasteiger partial charge in [0.2, 0.25) is 0 Å². The van der Waals surface area contributed by atoms with Crippen LogP contribution in [0.4, 0.5) is 11.4 Å². The summed E-state index contributed by atoms with van der Waals surface area (Å²) in [6, 6.07) is 17.9. The number of benzene rings is 2. The minimum absolute atomic E-state index is 0.552. The van der Waals surface area contributed by atoms with Gasteiger partial charge in [-0.05, 0) is 55.1 Å². The maximum absolute atomic E-state index is 3.50. The highest BCUT2D eigenvalue weighted by Gasteiger charge is 2.34. The first-order valence-corrected chi connectivity index (χ1v) is 7.98. The van der Waals surface area contributed by atoms with Crippen LogP contribution < -0.4 is 10.2 Å². The summed E-state index contributed by atoms with van der Waals surface area (Å²) in [5.74, 6) is 1.30. The second kappa shape index (κ2) is 5.19. The standard InChI is InChI=1S/C19H22N2/c1-21-17-8-4-2-6-15(17)19(14-10-12-20-13-11-14)16-7-3-5-9-18(16)21/h2-9,14,19-20H,10-13H2,1H3. The summed E-state index contributed by atoms with van der Waals surface area (Å²) in [4.78, 5) is 2.35. The highest BCUT2D eigenvalue weighted by molar-refractivity contribution is 5.75. The van der Waals surface area contributed by atoms with Crippen molar-refractivity contribution in [1.29, 1.82) is 0 Å². The molecule has 2 aromatic carbocycles. The molecule has 1 N–H and O–H groups in total. The van der Waals surface area contributed by atoms with Gasteiger partial charge < -0.3 is 10.2 Å². The minimum Gasteiger partial charge on any atom is -0.344 e. The van der Waals surface area contributed by atoms with Crippen LogP contribution in [-0.4, -0.2) is 20.1 Å². The van der Waals surface area contributed by atoms with Crippen LogP contribution in [0.5, 0.6) is 0 Å². The van der Waals surface area contributed by atoms with Gasteiger partial charge >= 0.3 is 0 Å². The number of nitrogens with one attached hydrogen (secondary N) is 1. The van der Waals surface area contributed by atoms with Crippen molar-refractivity contribution >= 4 is 11.4 Å². The lowest BCUT2D eigenvalue weighted by molar-refractivity contribution is 0.341. The molecule has 2 aliphatic heterocycles. The van der Waals surface area contributed by atoms with Crippen LogP contribution >= 0.6 is 0 Å². The monoisotopic (exact) mass is 278 g/mol. The predicted octanol–water partition coefficient (Wildman–Crippen LogP) is 3.90. The molecule has 1 saturated heterocycles. The van der Waals surface area contributed by atoms with Crippen LogP contribution in [0, 0.1) is 5.92 Å². The zero-order chi connectivity index (χ0) is 14.2. The Morgan fingerprint density at radius 2 is 1.38 bits per heavy atom. The van der Waals surface area contributed by atoms with E-state index in [4.69, 9.17) is 0 Å². The van der Waals surface area contributed by atoms with Crippen LogP contribution in [-0.2, 0) is 0 Å². The van der Waals surface area contributed by atoms with E-state index in [1.54, 1.807) is 0 Å². The smallest absolute Gasteiger partial charge is 0.0447 e. The second-order valence-corrected chi connectivity index (χ2v) is 6.24. The highest BCUT2D eigenvalue weighted by Crippen LogP contribution is 2.49. The lowest BCUT2D eigenvalue weighted by Crippen LogP contribution is -2.33. The first-order valence-electron chi connectivity index (χ1n) is 7.98. The van der Waals surface area contributed by atoms with Crippen molar-refractivity contribution in [1.82, 2.24) is 5.32 Å². The number of hydrogen-bond donors (Lipinski definition) is 1. The maximum Gasteiger partial charge on any atom is 0.0447 e. The van der Waals surface area contributed by atoms with Crippen LogP contribution in [0.15, 0.2) is 48.5 Å². The third kappa shape index (κ3) is 2.06. The summed E-state index contributed by atoms with van der Waals surface area (Å²) in [5.41, 5.74) is 5.76. The molecule has 2 nitrogen and oxygen atoms in total. The van der Waals surface area contributed by atoms with Gasteiger partial charge in [0.25, 0.3) is 0 Å². The highest BCUT2D eigenvalue weighted by atomic mass is 15.1. The van der Waals surface area contributed by atoms with E-state index in [1.807, 2.05) is 0 Å². The summed E-state index contributed by atoms with van der Waals surface area (Å²) in [7, 11) is 2.19. The largest absolute Gasteiger partial charge is 0.344 e. The molecule has 0 unspecified atom stereocenters. The van der Waals surface area contributed by atoms with Crippen molar-refractivity contribution < 1.29 is 0 Å². The van der Waals surface area contributed by atoms with Gasteiger partial charge in [-0.15, -0.1) is 0 Å². The van der Waals surface area contributed by atoms with Crippen LogP contribution in [0.1, 0.15) is 29.9 Å². The third-order valence-electron chi connectivity index (χ3n) is 5.12. The van der Waals surface area contributed by atoms with Gasteiger partial charge in [0.15, 0.2) is 0 Å². The van der Waals surface area contributed by atoms with E-state index in [0.717, 1.165) is 19.0 Å². The minimum atomic E-state index is 0.552. The summed E-state index contributed by atoms with van der Waals surface area (Å²) in [6.45, 7) is 2.31. The molecule has 0 amide bonds. The zero-order valence-electron chi connectivity index (χ0n) is 12.5. The average Bonchev–Trinajstić information content (AvgIpc) is 2.56. The number of hydrogen-bond acceptors (Lipinski definition) is 2. The van der Waals surface area contributed by atoms with E-state index >= 15 is 0 Å². The Labute approximate surface area is 126 Å². The molecule has 0 aromatic heterocycles. The van der Waals surface area contributed by atoms with E-state index in [2.05, 4.69) is 65.8 Å². The Balaban J connectivity index is 1.87. The lowest BCUT2D eigenvalue weighted by Gasteiger charge is -2.40. The fraction of sp³-hybridized carbons (Fsp3) is 0.368. The van der Waals surface area contributed by atoms with Gasteiger partial charge in [-0.2, -0.15) is 0 Å². The summed E-state index contributed by atoms with van der Waals surface area (Å²) >= 11 is 0. The second-order valence-electron chi connectivity index (χ2n) is 6.24. The lowest BCUT2D eigenvalue weighted by atomic mass is 9.73. The van der Waals surface area contributed by atoms with E-state index in [1.165, 1.54) is 35.3 Å². The van der Waals surface area contributed by atoms with Crippen LogP contribution in [0.2, 0.25) is 0 Å². The Hall–Kier alpha value is -1.80. The van der Waals surface area contributed by atoms with Gasteiger partial charge in [-0.25, -0.2) is 0 Å². The van der Waals surface area contributed by atoms with Crippen molar-refractivity contribution in [3.8, 4) is 0 Å². The molecule has 0 spiro atoms. The molecule has 0 aliphatic carbocycles. The molecule has 2 aromatic rings. The molecule has 4 rings (SSSR count). The molecule has 108 valence electrons. The number of anilines is 2. The molecule has 21 heavy (non-hydrogen) atoms. The van der Waals surface area contributed by atoms with Gasteiger partial charge in [0, 0.05) is 24.3 Å². The molecule has 2 aliphatic rings. The van der Waals surface area contributed by atoms with Gasteiger partial charge in [0.1, 0.15) is 0 Å². The molecule has 0 atom stereocenters. The van der Waals surface area contributed by atoms with E-state index in [-0.39, 0.29) is 0 Å². The molecular formula is C19H22N2. The number of rotatable bonds is 1. The van der Waals surface area contributed by atoms with Gasteiger partial charge in [-0.3, -0.25) is 0 Å². The van der Waals surface area contributed by atoms with Crippen molar-refractivity contribution in [2.45, 2.75) is 18.8 Å². The molecule has 0 radical (unpaired) electrons. The Morgan fingerprint density at radius 1 is 0.857 bits per heavy atom. The average molecular weight is 278 g/mol.